The molecule has 0 aromatic carbocycles. The minimum atomic E-state index is -0.709. The van der Waals surface area contributed by atoms with Gasteiger partial charge >= 0.3 is 5.97 Å². The Hall–Kier alpha value is -1.25. The molecule has 0 radical (unpaired) electrons. The van der Waals surface area contributed by atoms with E-state index < -0.39 is 24.4 Å². The predicted octanol–water partition coefficient (Wildman–Crippen LogP) is 6.84. The Morgan fingerprint density at radius 2 is 1.50 bits per heavy atom. The van der Waals surface area contributed by atoms with E-state index in [1.807, 2.05) is 25.2 Å². The van der Waals surface area contributed by atoms with E-state index in [9.17, 15) is 25.2 Å². The van der Waals surface area contributed by atoms with Gasteiger partial charge in [0.05, 0.1) is 36.6 Å². The van der Waals surface area contributed by atoms with Crippen molar-refractivity contribution in [3.8, 4) is 0 Å². The zero-order chi connectivity index (χ0) is 30.6. The fraction of sp³-hybridized carbons (Fsp3) is 0.857. The molecule has 1 saturated heterocycles. The lowest BCUT2D eigenvalue weighted by Crippen LogP contribution is -2.26. The van der Waals surface area contributed by atoms with E-state index >= 15 is 0 Å². The van der Waals surface area contributed by atoms with E-state index in [1.165, 1.54) is 51.4 Å². The van der Waals surface area contributed by atoms with Crippen molar-refractivity contribution in [3.63, 3.8) is 0 Å². The van der Waals surface area contributed by atoms with Crippen LogP contribution in [-0.4, -0.2) is 69.1 Å². The summed E-state index contributed by atoms with van der Waals surface area (Å²) in [6.07, 6.45) is 24.4. The normalized spacial score (nSPS) is 23.7. The van der Waals surface area contributed by atoms with Crippen LogP contribution in [0.3, 0.4) is 0 Å². The van der Waals surface area contributed by atoms with Crippen LogP contribution < -0.4 is 0 Å². The maximum atomic E-state index is 11.6. The SMILES string of the molecule is CCCCC(O)C(O)C/C=C\CC[C@H](O)[C@@H]1CC[C@H](CCCCCCCCCCCC[C@@H](O)CC2=C[C@H](C)OC2=O)O1. The lowest BCUT2D eigenvalue weighted by Gasteiger charge is -2.19. The molecule has 7 heteroatoms. The average Bonchev–Trinajstić information content (AvgIpc) is 3.57. The zero-order valence-corrected chi connectivity index (χ0v) is 26.6. The highest BCUT2D eigenvalue weighted by Gasteiger charge is 2.30. The molecule has 7 nitrogen and oxygen atoms in total. The van der Waals surface area contributed by atoms with Gasteiger partial charge in [0.15, 0.2) is 0 Å². The predicted molar refractivity (Wildman–Crippen MR) is 168 cm³/mol. The van der Waals surface area contributed by atoms with E-state index in [0.29, 0.717) is 31.3 Å². The molecule has 0 spiro atoms. The number of unbranched alkanes of at least 4 members (excludes halogenated alkanes) is 10. The molecular formula is C35H62O7. The topological polar surface area (TPSA) is 116 Å². The van der Waals surface area contributed by atoms with Gasteiger partial charge in [0, 0.05) is 12.0 Å². The number of hydrogen-bond donors (Lipinski definition) is 4. The summed E-state index contributed by atoms with van der Waals surface area (Å²) in [6.45, 7) is 3.91. The van der Waals surface area contributed by atoms with E-state index in [4.69, 9.17) is 9.47 Å². The van der Waals surface area contributed by atoms with Crippen LogP contribution in [0.5, 0.6) is 0 Å². The lowest BCUT2D eigenvalue weighted by molar-refractivity contribution is -0.139. The summed E-state index contributed by atoms with van der Waals surface area (Å²) in [5.74, 6) is -0.275. The highest BCUT2D eigenvalue weighted by atomic mass is 16.5. The second kappa shape index (κ2) is 22.3. The van der Waals surface area contributed by atoms with Crippen LogP contribution in [0.25, 0.3) is 0 Å². The van der Waals surface area contributed by atoms with Crippen molar-refractivity contribution >= 4 is 5.97 Å². The second-order valence-electron chi connectivity index (χ2n) is 12.8. The monoisotopic (exact) mass is 594 g/mol. The third kappa shape index (κ3) is 16.0. The van der Waals surface area contributed by atoms with Crippen LogP contribution in [0, 0.1) is 0 Å². The summed E-state index contributed by atoms with van der Waals surface area (Å²) in [5.41, 5.74) is 0.624. The van der Waals surface area contributed by atoms with Crippen LogP contribution in [0.2, 0.25) is 0 Å². The highest BCUT2D eigenvalue weighted by Crippen LogP contribution is 2.28. The number of aliphatic hydroxyl groups excluding tert-OH is 4. The Balaban J connectivity index is 1.36. The number of cyclic esters (lactones) is 1. The maximum absolute atomic E-state index is 11.6. The average molecular weight is 595 g/mol. The van der Waals surface area contributed by atoms with E-state index in [2.05, 4.69) is 6.92 Å². The molecule has 0 amide bonds. The summed E-state index contributed by atoms with van der Waals surface area (Å²) in [7, 11) is 0. The number of rotatable bonds is 25. The third-order valence-corrected chi connectivity index (χ3v) is 8.80. The Bertz CT molecular complexity index is 766. The van der Waals surface area contributed by atoms with Crippen molar-refractivity contribution in [1.82, 2.24) is 0 Å². The number of allylic oxidation sites excluding steroid dienone is 1. The highest BCUT2D eigenvalue weighted by molar-refractivity contribution is 5.90. The molecule has 2 unspecified atom stereocenters. The minimum absolute atomic E-state index is 0.0552. The van der Waals surface area contributed by atoms with Crippen LogP contribution in [0.15, 0.2) is 23.8 Å². The van der Waals surface area contributed by atoms with Gasteiger partial charge in [-0.15, -0.1) is 0 Å². The van der Waals surface area contributed by atoms with E-state index in [0.717, 1.165) is 57.8 Å². The first kappa shape index (κ1) is 36.9. The van der Waals surface area contributed by atoms with Crippen LogP contribution in [-0.2, 0) is 14.3 Å². The molecule has 244 valence electrons. The molecule has 0 aliphatic carbocycles. The minimum Gasteiger partial charge on any atom is -0.455 e. The van der Waals surface area contributed by atoms with Gasteiger partial charge in [-0.3, -0.25) is 0 Å². The number of hydrogen-bond acceptors (Lipinski definition) is 7. The Labute approximate surface area is 255 Å². The van der Waals surface area contributed by atoms with Crippen molar-refractivity contribution in [2.24, 2.45) is 0 Å². The van der Waals surface area contributed by atoms with Crippen molar-refractivity contribution in [2.45, 2.75) is 191 Å². The van der Waals surface area contributed by atoms with Gasteiger partial charge in [0.25, 0.3) is 0 Å². The zero-order valence-electron chi connectivity index (χ0n) is 26.6. The van der Waals surface area contributed by atoms with Gasteiger partial charge < -0.3 is 29.9 Å². The number of esters is 1. The van der Waals surface area contributed by atoms with Gasteiger partial charge in [-0.05, 0) is 64.4 Å². The molecule has 2 rings (SSSR count). The quantitative estimate of drug-likeness (QED) is 0.0520. The van der Waals surface area contributed by atoms with E-state index in [1.54, 1.807) is 0 Å². The molecule has 7 atom stereocenters. The fourth-order valence-electron chi connectivity index (χ4n) is 6.10. The summed E-state index contributed by atoms with van der Waals surface area (Å²) in [5, 5.41) is 40.6. The molecule has 42 heavy (non-hydrogen) atoms. The summed E-state index contributed by atoms with van der Waals surface area (Å²) >= 11 is 0. The van der Waals surface area contributed by atoms with Crippen molar-refractivity contribution in [3.05, 3.63) is 23.8 Å². The molecule has 2 aliphatic rings. The standard InChI is InChI=1S/C35H62O7/c1-3-4-20-31(37)32(38)21-16-13-17-22-33(39)34-24-23-30(42-34)19-15-12-10-8-6-5-7-9-11-14-18-29(36)26-28-25-27(2)41-35(28)40/h13,16,25,27,29-34,36-39H,3-12,14-15,17-24,26H2,1-2H3/b16-13-/t27-,29+,30-,31?,32?,33-,34-/m0/s1. The smallest absolute Gasteiger partial charge is 0.334 e. The van der Waals surface area contributed by atoms with E-state index in [-0.39, 0.29) is 24.3 Å². The van der Waals surface area contributed by atoms with Crippen molar-refractivity contribution < 1.29 is 34.7 Å². The molecule has 2 aliphatic heterocycles. The molecule has 0 aromatic rings. The van der Waals surface area contributed by atoms with Crippen LogP contribution in [0.1, 0.15) is 149 Å². The van der Waals surface area contributed by atoms with Crippen molar-refractivity contribution in [2.75, 3.05) is 0 Å². The van der Waals surface area contributed by atoms with Gasteiger partial charge in [-0.2, -0.15) is 0 Å². The van der Waals surface area contributed by atoms with Gasteiger partial charge in [-0.1, -0.05) is 96.1 Å². The molecule has 1 fully saturated rings. The molecule has 0 bridgehead atoms. The second-order valence-corrected chi connectivity index (χ2v) is 12.8. The van der Waals surface area contributed by atoms with Crippen molar-refractivity contribution in [1.29, 1.82) is 0 Å². The molecule has 2 heterocycles. The first-order chi connectivity index (χ1) is 20.3. The maximum Gasteiger partial charge on any atom is 0.334 e. The van der Waals surface area contributed by atoms with Gasteiger partial charge in [-0.25, -0.2) is 4.79 Å². The molecule has 4 N–H and O–H groups in total. The third-order valence-electron chi connectivity index (χ3n) is 8.80. The number of aliphatic hydroxyl groups is 4. The van der Waals surface area contributed by atoms with Gasteiger partial charge in [0.1, 0.15) is 6.10 Å². The lowest BCUT2D eigenvalue weighted by atomic mass is 10.0. The largest absolute Gasteiger partial charge is 0.455 e. The summed E-state index contributed by atoms with van der Waals surface area (Å²) in [6, 6.07) is 0. The fourth-order valence-corrected chi connectivity index (χ4v) is 6.10. The molecular weight excluding hydrogens is 532 g/mol. The Morgan fingerprint density at radius 3 is 2.14 bits per heavy atom. The molecule has 0 aromatic heterocycles. The first-order valence-electron chi connectivity index (χ1n) is 17.2. The van der Waals surface area contributed by atoms with Crippen LogP contribution in [0.4, 0.5) is 0 Å². The summed E-state index contributed by atoms with van der Waals surface area (Å²) in [4.78, 5) is 11.6. The Morgan fingerprint density at radius 1 is 0.833 bits per heavy atom. The summed E-state index contributed by atoms with van der Waals surface area (Å²) < 4.78 is 11.2. The Kier molecular flexibility index (Phi) is 19.6. The number of carbonyl (C=O) groups is 1. The van der Waals surface area contributed by atoms with Gasteiger partial charge in [0.2, 0.25) is 0 Å². The first-order valence-corrected chi connectivity index (χ1v) is 17.2. The number of carbonyl (C=O) groups excluding carboxylic acids is 1. The van der Waals surface area contributed by atoms with Crippen LogP contribution >= 0.6 is 0 Å². The number of ether oxygens (including phenoxy) is 2. The molecule has 0 saturated carbocycles.